The molecule has 0 spiro atoms. The molecular formula is C11H14F2N2. The molecule has 4 heteroatoms. The minimum Gasteiger partial charge on any atom is -0.398 e. The summed E-state index contributed by atoms with van der Waals surface area (Å²) in [7, 11) is 0. The van der Waals surface area contributed by atoms with Gasteiger partial charge in [0.2, 0.25) is 0 Å². The summed E-state index contributed by atoms with van der Waals surface area (Å²) in [6.07, 6.45) is -1.45. The highest BCUT2D eigenvalue weighted by molar-refractivity contribution is 5.51. The molecular weight excluding hydrogens is 198 g/mol. The van der Waals surface area contributed by atoms with Crippen LogP contribution < -0.4 is 5.73 Å². The van der Waals surface area contributed by atoms with Crippen LogP contribution in [0, 0.1) is 0 Å². The largest absolute Gasteiger partial charge is 0.398 e. The average molecular weight is 212 g/mol. The lowest BCUT2D eigenvalue weighted by Gasteiger charge is -2.29. The number of alkyl halides is 2. The quantitative estimate of drug-likeness (QED) is 0.758. The minimum atomic E-state index is -2.27. The molecule has 15 heavy (non-hydrogen) atoms. The molecule has 2 N–H and O–H groups in total. The standard InChI is InChI=1S/C11H14F2N2/c12-11(13)7-15-5-4-8-2-1-3-10(14)9(8)6-15/h1-3,11H,4-7,14H2. The molecule has 0 amide bonds. The van der Waals surface area contributed by atoms with E-state index in [0.29, 0.717) is 18.8 Å². The fraction of sp³-hybridized carbons (Fsp3) is 0.455. The van der Waals surface area contributed by atoms with Gasteiger partial charge in [-0.3, -0.25) is 4.90 Å². The molecule has 1 heterocycles. The van der Waals surface area contributed by atoms with Crippen LogP contribution in [0.5, 0.6) is 0 Å². The maximum Gasteiger partial charge on any atom is 0.251 e. The Hall–Kier alpha value is -1.16. The Morgan fingerprint density at radius 1 is 1.40 bits per heavy atom. The van der Waals surface area contributed by atoms with Crippen LogP contribution in [0.2, 0.25) is 0 Å². The molecule has 1 aromatic carbocycles. The van der Waals surface area contributed by atoms with Crippen molar-refractivity contribution in [3.05, 3.63) is 29.3 Å². The van der Waals surface area contributed by atoms with Gasteiger partial charge in [-0.2, -0.15) is 0 Å². The molecule has 2 rings (SSSR count). The first kappa shape index (κ1) is 10.4. The zero-order valence-electron chi connectivity index (χ0n) is 8.42. The highest BCUT2D eigenvalue weighted by Crippen LogP contribution is 2.24. The zero-order valence-corrected chi connectivity index (χ0v) is 8.42. The van der Waals surface area contributed by atoms with E-state index in [0.717, 1.165) is 12.0 Å². The lowest BCUT2D eigenvalue weighted by Crippen LogP contribution is -2.34. The van der Waals surface area contributed by atoms with Crippen LogP contribution in [0.3, 0.4) is 0 Å². The van der Waals surface area contributed by atoms with Crippen LogP contribution >= 0.6 is 0 Å². The minimum absolute atomic E-state index is 0.159. The van der Waals surface area contributed by atoms with Crippen LogP contribution in [0.25, 0.3) is 0 Å². The Labute approximate surface area is 87.7 Å². The van der Waals surface area contributed by atoms with Crippen molar-refractivity contribution in [3.63, 3.8) is 0 Å². The second kappa shape index (κ2) is 4.14. The van der Waals surface area contributed by atoms with Gasteiger partial charge < -0.3 is 5.73 Å². The van der Waals surface area contributed by atoms with E-state index in [2.05, 4.69) is 0 Å². The van der Waals surface area contributed by atoms with Crippen LogP contribution in [-0.4, -0.2) is 24.4 Å². The van der Waals surface area contributed by atoms with Gasteiger partial charge in [-0.05, 0) is 23.6 Å². The van der Waals surface area contributed by atoms with E-state index < -0.39 is 6.43 Å². The van der Waals surface area contributed by atoms with Gasteiger partial charge in [0.05, 0.1) is 6.54 Å². The number of rotatable bonds is 2. The second-order valence-corrected chi connectivity index (χ2v) is 3.86. The molecule has 1 aliphatic heterocycles. The fourth-order valence-electron chi connectivity index (χ4n) is 2.01. The van der Waals surface area contributed by atoms with Crippen molar-refractivity contribution in [1.82, 2.24) is 4.90 Å². The first-order chi connectivity index (χ1) is 7.16. The Kier molecular flexibility index (Phi) is 2.86. The smallest absolute Gasteiger partial charge is 0.251 e. The maximum atomic E-state index is 12.2. The van der Waals surface area contributed by atoms with E-state index in [1.807, 2.05) is 18.2 Å². The van der Waals surface area contributed by atoms with Gasteiger partial charge in [-0.15, -0.1) is 0 Å². The van der Waals surface area contributed by atoms with Crippen LogP contribution in [0.15, 0.2) is 18.2 Å². The number of fused-ring (bicyclic) bond motifs is 1. The first-order valence-corrected chi connectivity index (χ1v) is 5.03. The monoisotopic (exact) mass is 212 g/mol. The summed E-state index contributed by atoms with van der Waals surface area (Å²) in [5.41, 5.74) is 8.75. The number of hydrogen-bond acceptors (Lipinski definition) is 2. The van der Waals surface area contributed by atoms with Crippen molar-refractivity contribution < 1.29 is 8.78 Å². The second-order valence-electron chi connectivity index (χ2n) is 3.86. The number of nitrogens with zero attached hydrogens (tertiary/aromatic N) is 1. The molecule has 0 fully saturated rings. The van der Waals surface area contributed by atoms with Crippen molar-refractivity contribution in [3.8, 4) is 0 Å². The molecule has 0 bridgehead atoms. The third-order valence-electron chi connectivity index (χ3n) is 2.78. The normalized spacial score (nSPS) is 16.7. The predicted octanol–water partition coefficient (Wildman–Crippen LogP) is 1.89. The van der Waals surface area contributed by atoms with E-state index in [1.165, 1.54) is 5.56 Å². The molecule has 1 aliphatic rings. The summed E-state index contributed by atoms with van der Waals surface area (Å²) in [6.45, 7) is 1.08. The molecule has 0 unspecified atom stereocenters. The number of halogens is 2. The summed E-state index contributed by atoms with van der Waals surface area (Å²) in [5.74, 6) is 0. The number of benzene rings is 1. The zero-order chi connectivity index (χ0) is 10.8. The van der Waals surface area contributed by atoms with Gasteiger partial charge in [0.25, 0.3) is 6.43 Å². The third kappa shape index (κ3) is 2.26. The molecule has 0 saturated carbocycles. The summed E-state index contributed by atoms with van der Waals surface area (Å²) in [6, 6.07) is 5.76. The Balaban J connectivity index is 2.15. The van der Waals surface area contributed by atoms with E-state index in [4.69, 9.17) is 5.73 Å². The van der Waals surface area contributed by atoms with Crippen LogP contribution in [-0.2, 0) is 13.0 Å². The van der Waals surface area contributed by atoms with Gasteiger partial charge in [0.15, 0.2) is 0 Å². The van der Waals surface area contributed by atoms with Crippen molar-refractivity contribution in [1.29, 1.82) is 0 Å². The predicted molar refractivity (Wildman–Crippen MR) is 55.8 cm³/mol. The maximum absolute atomic E-state index is 12.2. The molecule has 0 aliphatic carbocycles. The first-order valence-electron chi connectivity index (χ1n) is 5.03. The molecule has 82 valence electrons. The van der Waals surface area contributed by atoms with E-state index >= 15 is 0 Å². The van der Waals surface area contributed by atoms with Gasteiger partial charge in [-0.1, -0.05) is 12.1 Å². The van der Waals surface area contributed by atoms with Gasteiger partial charge >= 0.3 is 0 Å². The Morgan fingerprint density at radius 2 is 2.20 bits per heavy atom. The van der Waals surface area contributed by atoms with Crippen molar-refractivity contribution in [2.75, 3.05) is 18.8 Å². The molecule has 0 aromatic heterocycles. The van der Waals surface area contributed by atoms with Gasteiger partial charge in [-0.25, -0.2) is 8.78 Å². The fourth-order valence-corrected chi connectivity index (χ4v) is 2.01. The summed E-state index contributed by atoms with van der Waals surface area (Å²) in [5, 5.41) is 0. The molecule has 0 atom stereocenters. The lowest BCUT2D eigenvalue weighted by atomic mass is 9.98. The highest BCUT2D eigenvalue weighted by Gasteiger charge is 2.20. The highest BCUT2D eigenvalue weighted by atomic mass is 19.3. The van der Waals surface area contributed by atoms with E-state index in [1.54, 1.807) is 4.90 Å². The Bertz CT molecular complexity index is 352. The van der Waals surface area contributed by atoms with E-state index in [9.17, 15) is 8.78 Å². The number of nitrogens with two attached hydrogens (primary N) is 1. The van der Waals surface area contributed by atoms with Crippen molar-refractivity contribution in [2.24, 2.45) is 0 Å². The average Bonchev–Trinajstić information content (AvgIpc) is 2.18. The third-order valence-corrected chi connectivity index (χ3v) is 2.78. The van der Waals surface area contributed by atoms with Crippen molar-refractivity contribution in [2.45, 2.75) is 19.4 Å². The number of anilines is 1. The molecule has 2 nitrogen and oxygen atoms in total. The number of hydrogen-bond donors (Lipinski definition) is 1. The summed E-state index contributed by atoms with van der Waals surface area (Å²) in [4.78, 5) is 1.75. The number of nitrogen functional groups attached to an aromatic ring is 1. The van der Waals surface area contributed by atoms with Gasteiger partial charge in [0.1, 0.15) is 0 Å². The SMILES string of the molecule is Nc1cccc2c1CN(CC(F)F)CC2. The lowest BCUT2D eigenvalue weighted by molar-refractivity contribution is 0.0822. The Morgan fingerprint density at radius 3 is 2.93 bits per heavy atom. The van der Waals surface area contributed by atoms with Gasteiger partial charge in [0, 0.05) is 18.8 Å². The van der Waals surface area contributed by atoms with E-state index in [-0.39, 0.29) is 6.54 Å². The topological polar surface area (TPSA) is 29.3 Å². The molecule has 0 saturated heterocycles. The molecule has 0 radical (unpaired) electrons. The van der Waals surface area contributed by atoms with Crippen LogP contribution in [0.1, 0.15) is 11.1 Å². The summed E-state index contributed by atoms with van der Waals surface area (Å²) < 4.78 is 24.4. The van der Waals surface area contributed by atoms with Crippen molar-refractivity contribution >= 4 is 5.69 Å². The summed E-state index contributed by atoms with van der Waals surface area (Å²) >= 11 is 0. The van der Waals surface area contributed by atoms with Crippen LogP contribution in [0.4, 0.5) is 14.5 Å². The molecule has 1 aromatic rings.